The van der Waals surface area contributed by atoms with Crippen molar-refractivity contribution in [3.63, 3.8) is 0 Å². The molecule has 1 amide bonds. The third kappa shape index (κ3) is 2.25. The third-order valence-corrected chi connectivity index (χ3v) is 3.85. The van der Waals surface area contributed by atoms with Crippen molar-refractivity contribution in [3.8, 4) is 0 Å². The third-order valence-electron chi connectivity index (χ3n) is 3.85. The molecule has 0 atom stereocenters. The van der Waals surface area contributed by atoms with Crippen molar-refractivity contribution in [2.45, 2.75) is 19.4 Å². The summed E-state index contributed by atoms with van der Waals surface area (Å²) in [6, 6.07) is 1.99. The molecule has 0 unspecified atom stereocenters. The van der Waals surface area contributed by atoms with Crippen LogP contribution < -0.4 is 10.2 Å². The first-order valence-corrected chi connectivity index (χ1v) is 7.11. The molecule has 0 saturated carbocycles. The first-order chi connectivity index (χ1) is 9.90. The first kappa shape index (κ1) is 13.9. The van der Waals surface area contributed by atoms with E-state index in [1.807, 2.05) is 45.1 Å². The van der Waals surface area contributed by atoms with Crippen LogP contribution in [0.2, 0.25) is 0 Å². The molecule has 0 aliphatic carbocycles. The molecule has 3 heterocycles. The summed E-state index contributed by atoms with van der Waals surface area (Å²) < 4.78 is 0. The van der Waals surface area contributed by atoms with Gasteiger partial charge in [0.15, 0.2) is 0 Å². The second-order valence-electron chi connectivity index (χ2n) is 6.27. The summed E-state index contributed by atoms with van der Waals surface area (Å²) >= 11 is 0. The van der Waals surface area contributed by atoms with Gasteiger partial charge in [0.1, 0.15) is 11.2 Å². The zero-order chi connectivity index (χ0) is 15.2. The molecule has 3 rings (SSSR count). The van der Waals surface area contributed by atoms with Gasteiger partial charge in [-0.15, -0.1) is 0 Å². The Morgan fingerprint density at radius 1 is 1.38 bits per heavy atom. The number of anilines is 2. The van der Waals surface area contributed by atoms with E-state index in [9.17, 15) is 4.79 Å². The van der Waals surface area contributed by atoms with Gasteiger partial charge >= 0.3 is 0 Å². The van der Waals surface area contributed by atoms with Gasteiger partial charge in [0, 0.05) is 24.7 Å². The summed E-state index contributed by atoms with van der Waals surface area (Å²) in [5.74, 6) is 0.0773. The molecule has 112 valence electrons. The highest BCUT2D eigenvalue weighted by Gasteiger charge is 2.39. The number of nitrogens with zero attached hydrogens (tertiary/aromatic N) is 3. The second-order valence-corrected chi connectivity index (χ2v) is 6.27. The van der Waals surface area contributed by atoms with Crippen LogP contribution in [0.15, 0.2) is 18.5 Å². The molecule has 1 aliphatic heterocycles. The molecule has 21 heavy (non-hydrogen) atoms. The van der Waals surface area contributed by atoms with Crippen molar-refractivity contribution in [3.05, 3.63) is 18.5 Å². The fourth-order valence-corrected chi connectivity index (χ4v) is 2.67. The lowest BCUT2D eigenvalue weighted by atomic mass is 9.98. The van der Waals surface area contributed by atoms with E-state index in [2.05, 4.69) is 20.2 Å². The molecule has 0 fully saturated rings. The molecule has 6 nitrogen and oxygen atoms in total. The summed E-state index contributed by atoms with van der Waals surface area (Å²) in [4.78, 5) is 24.1. The van der Waals surface area contributed by atoms with Gasteiger partial charge in [0.2, 0.25) is 0 Å². The summed E-state index contributed by atoms with van der Waals surface area (Å²) in [5, 5.41) is 4.38. The van der Waals surface area contributed by atoms with E-state index in [0.717, 1.165) is 29.0 Å². The Morgan fingerprint density at radius 3 is 2.86 bits per heavy atom. The van der Waals surface area contributed by atoms with E-state index < -0.39 is 5.54 Å². The van der Waals surface area contributed by atoms with Crippen LogP contribution >= 0.6 is 0 Å². The summed E-state index contributed by atoms with van der Waals surface area (Å²) in [6.07, 6.45) is 3.64. The molecule has 2 N–H and O–H groups in total. The summed E-state index contributed by atoms with van der Waals surface area (Å²) in [5.41, 5.74) is 2.04. The Balaban J connectivity index is 2.10. The van der Waals surface area contributed by atoms with Gasteiger partial charge in [-0.2, -0.15) is 0 Å². The second kappa shape index (κ2) is 4.73. The fourth-order valence-electron chi connectivity index (χ4n) is 2.67. The van der Waals surface area contributed by atoms with Gasteiger partial charge in [-0.05, 0) is 34.0 Å². The van der Waals surface area contributed by atoms with Crippen LogP contribution in [-0.4, -0.2) is 53.5 Å². The monoisotopic (exact) mass is 287 g/mol. The lowest BCUT2D eigenvalue weighted by Gasteiger charge is -2.40. The van der Waals surface area contributed by atoms with E-state index in [0.29, 0.717) is 6.54 Å². The van der Waals surface area contributed by atoms with Gasteiger partial charge in [-0.1, -0.05) is 0 Å². The van der Waals surface area contributed by atoms with Crippen molar-refractivity contribution in [1.82, 2.24) is 14.9 Å². The summed E-state index contributed by atoms with van der Waals surface area (Å²) in [6.45, 7) is 5.30. The molecule has 6 heteroatoms. The number of hydrogen-bond donors (Lipinski definition) is 2. The van der Waals surface area contributed by atoms with Crippen LogP contribution in [-0.2, 0) is 4.79 Å². The molecule has 0 saturated heterocycles. The van der Waals surface area contributed by atoms with Crippen molar-refractivity contribution in [2.24, 2.45) is 0 Å². The highest BCUT2D eigenvalue weighted by molar-refractivity contribution is 6.12. The van der Waals surface area contributed by atoms with Crippen molar-refractivity contribution in [1.29, 1.82) is 0 Å². The fraction of sp³-hybridized carbons (Fsp3) is 0.467. The number of aromatic amines is 1. The Hall–Kier alpha value is -2.08. The van der Waals surface area contributed by atoms with Gasteiger partial charge in [0.25, 0.3) is 5.91 Å². The SMILES string of the molecule is CN(C)CCN1C(=O)C(C)(C)Nc2c1cnc1[nH]ccc21. The maximum Gasteiger partial charge on any atom is 0.252 e. The Labute approximate surface area is 124 Å². The van der Waals surface area contributed by atoms with E-state index >= 15 is 0 Å². The van der Waals surface area contributed by atoms with Crippen molar-refractivity contribution < 1.29 is 4.79 Å². The predicted octanol–water partition coefficient (Wildman–Crippen LogP) is 1.66. The quantitative estimate of drug-likeness (QED) is 0.901. The number of H-pyrrole nitrogens is 1. The molecule has 0 radical (unpaired) electrons. The lowest BCUT2D eigenvalue weighted by molar-refractivity contribution is -0.122. The highest BCUT2D eigenvalue weighted by Crippen LogP contribution is 2.39. The molecule has 2 aromatic heterocycles. The maximum atomic E-state index is 12.7. The zero-order valence-corrected chi connectivity index (χ0v) is 12.9. The van der Waals surface area contributed by atoms with Crippen LogP contribution in [0.4, 0.5) is 11.4 Å². The molecule has 0 aromatic carbocycles. The number of likely N-dealkylation sites (N-methyl/N-ethyl adjacent to an activating group) is 1. The van der Waals surface area contributed by atoms with E-state index in [4.69, 9.17) is 0 Å². The van der Waals surface area contributed by atoms with E-state index in [1.54, 1.807) is 6.20 Å². The Kier molecular flexibility index (Phi) is 3.13. The molecular formula is C15H21N5O. The number of pyridine rings is 1. The number of nitrogens with one attached hydrogen (secondary N) is 2. The predicted molar refractivity (Wildman–Crippen MR) is 84.7 cm³/mol. The maximum absolute atomic E-state index is 12.7. The average Bonchev–Trinajstić information content (AvgIpc) is 2.87. The summed E-state index contributed by atoms with van der Waals surface area (Å²) in [7, 11) is 4.01. The van der Waals surface area contributed by atoms with Gasteiger partial charge in [-0.25, -0.2) is 4.98 Å². The normalized spacial score (nSPS) is 17.2. The highest BCUT2D eigenvalue weighted by atomic mass is 16.2. The first-order valence-electron chi connectivity index (χ1n) is 7.11. The number of carbonyl (C=O) groups excluding carboxylic acids is 1. The number of hydrogen-bond acceptors (Lipinski definition) is 4. The largest absolute Gasteiger partial charge is 0.369 e. The molecular weight excluding hydrogens is 266 g/mol. The van der Waals surface area contributed by atoms with Gasteiger partial charge < -0.3 is 20.1 Å². The van der Waals surface area contributed by atoms with Crippen LogP contribution in [0.5, 0.6) is 0 Å². The van der Waals surface area contributed by atoms with Gasteiger partial charge in [-0.3, -0.25) is 4.79 Å². The number of rotatable bonds is 3. The zero-order valence-electron chi connectivity index (χ0n) is 12.9. The molecule has 0 spiro atoms. The lowest BCUT2D eigenvalue weighted by Crippen LogP contribution is -2.55. The smallest absolute Gasteiger partial charge is 0.252 e. The van der Waals surface area contributed by atoms with E-state index in [1.165, 1.54) is 0 Å². The number of carbonyl (C=O) groups is 1. The minimum absolute atomic E-state index is 0.0773. The number of amides is 1. The Morgan fingerprint density at radius 2 is 2.14 bits per heavy atom. The van der Waals surface area contributed by atoms with Crippen LogP contribution in [0.25, 0.3) is 11.0 Å². The van der Waals surface area contributed by atoms with Crippen LogP contribution in [0.3, 0.4) is 0 Å². The minimum Gasteiger partial charge on any atom is -0.369 e. The minimum atomic E-state index is -0.620. The molecule has 1 aliphatic rings. The standard InChI is InChI=1S/C15H21N5O/c1-15(2)14(21)20(8-7-19(3)4)11-9-17-13-10(5-6-16-13)12(11)18-15/h5-6,9,18H,7-8H2,1-4H3,(H,16,17). The number of fused-ring (bicyclic) bond motifs is 3. The Bertz CT molecular complexity index is 688. The van der Waals surface area contributed by atoms with Crippen molar-refractivity contribution in [2.75, 3.05) is 37.4 Å². The topological polar surface area (TPSA) is 64.3 Å². The van der Waals surface area contributed by atoms with E-state index in [-0.39, 0.29) is 5.91 Å². The van der Waals surface area contributed by atoms with Crippen LogP contribution in [0.1, 0.15) is 13.8 Å². The van der Waals surface area contributed by atoms with Gasteiger partial charge in [0.05, 0.1) is 17.6 Å². The average molecular weight is 287 g/mol. The number of aromatic nitrogens is 2. The molecule has 2 aromatic rings. The van der Waals surface area contributed by atoms with Crippen LogP contribution in [0, 0.1) is 0 Å². The molecule has 0 bridgehead atoms. The van der Waals surface area contributed by atoms with Crippen molar-refractivity contribution >= 4 is 28.3 Å².